The van der Waals surface area contributed by atoms with Gasteiger partial charge in [0.1, 0.15) is 12.1 Å². The zero-order chi connectivity index (χ0) is 12.3. The predicted molar refractivity (Wildman–Crippen MR) is 65.1 cm³/mol. The average molecular weight is 271 g/mol. The van der Waals surface area contributed by atoms with Crippen molar-refractivity contribution in [3.05, 3.63) is 40.8 Å². The van der Waals surface area contributed by atoms with Gasteiger partial charge in [-0.25, -0.2) is 4.98 Å². The maximum atomic E-state index is 5.84. The van der Waals surface area contributed by atoms with Gasteiger partial charge in [0.15, 0.2) is 5.15 Å². The van der Waals surface area contributed by atoms with Gasteiger partial charge in [0, 0.05) is 5.02 Å². The van der Waals surface area contributed by atoms with Gasteiger partial charge in [-0.05, 0) is 24.3 Å². The number of rotatable bonds is 3. The largest absolute Gasteiger partial charge is 0.489 e. The summed E-state index contributed by atoms with van der Waals surface area (Å²) in [6.45, 7) is 0. The molecule has 1 aromatic heterocycles. The Labute approximate surface area is 108 Å². The van der Waals surface area contributed by atoms with E-state index in [1.807, 2.05) is 0 Å². The van der Waals surface area contributed by atoms with Crippen molar-refractivity contribution in [2.45, 2.75) is 0 Å². The Morgan fingerprint density at radius 2 is 1.76 bits per heavy atom. The molecule has 6 heteroatoms. The first-order valence-electron chi connectivity index (χ1n) is 4.68. The monoisotopic (exact) mass is 270 g/mol. The molecule has 0 unspecified atom stereocenters. The molecule has 1 aromatic carbocycles. The quantitative estimate of drug-likeness (QED) is 0.800. The van der Waals surface area contributed by atoms with Crippen LogP contribution in [0.2, 0.25) is 10.2 Å². The third kappa shape index (κ3) is 2.78. The molecule has 88 valence electrons. The van der Waals surface area contributed by atoms with Crippen molar-refractivity contribution in [2.75, 3.05) is 7.11 Å². The van der Waals surface area contributed by atoms with Crippen LogP contribution in [0.25, 0.3) is 0 Å². The van der Waals surface area contributed by atoms with Gasteiger partial charge in [0.2, 0.25) is 5.75 Å². The Hall–Kier alpha value is -1.52. The maximum Gasteiger partial charge on any atom is 0.267 e. The van der Waals surface area contributed by atoms with Gasteiger partial charge < -0.3 is 9.47 Å². The lowest BCUT2D eigenvalue weighted by atomic mass is 10.3. The fourth-order valence-corrected chi connectivity index (χ4v) is 1.52. The van der Waals surface area contributed by atoms with Crippen molar-refractivity contribution in [3.8, 4) is 17.4 Å². The Balaban J connectivity index is 2.29. The highest BCUT2D eigenvalue weighted by atomic mass is 35.5. The van der Waals surface area contributed by atoms with Crippen LogP contribution in [-0.2, 0) is 0 Å². The smallest absolute Gasteiger partial charge is 0.267 e. The molecule has 4 nitrogen and oxygen atoms in total. The highest BCUT2D eigenvalue weighted by molar-refractivity contribution is 6.31. The highest BCUT2D eigenvalue weighted by Crippen LogP contribution is 2.33. The Morgan fingerprint density at radius 1 is 1.06 bits per heavy atom. The van der Waals surface area contributed by atoms with E-state index in [4.69, 9.17) is 32.7 Å². The van der Waals surface area contributed by atoms with Crippen molar-refractivity contribution in [2.24, 2.45) is 0 Å². The van der Waals surface area contributed by atoms with Gasteiger partial charge >= 0.3 is 0 Å². The summed E-state index contributed by atoms with van der Waals surface area (Å²) in [5, 5.41) is 0.830. The summed E-state index contributed by atoms with van der Waals surface area (Å²) in [5.74, 6) is 1.14. The summed E-state index contributed by atoms with van der Waals surface area (Å²) in [6.07, 6.45) is 1.30. The molecule has 0 bridgehead atoms. The SMILES string of the molecule is COc1c(Cl)ncnc1Oc1ccc(Cl)cc1. The Kier molecular flexibility index (Phi) is 3.66. The summed E-state index contributed by atoms with van der Waals surface area (Å²) in [4.78, 5) is 7.75. The second kappa shape index (κ2) is 5.21. The number of benzene rings is 1. The van der Waals surface area contributed by atoms with Crippen LogP contribution in [-0.4, -0.2) is 17.1 Å². The molecule has 0 spiro atoms. The molecule has 0 aliphatic heterocycles. The number of halogens is 2. The highest BCUT2D eigenvalue weighted by Gasteiger charge is 2.12. The summed E-state index contributed by atoms with van der Waals surface area (Å²) in [6, 6.07) is 6.87. The fraction of sp³-hybridized carbons (Fsp3) is 0.0909. The van der Waals surface area contributed by atoms with E-state index in [0.717, 1.165) is 0 Å². The standard InChI is InChI=1S/C11H8Cl2N2O2/c1-16-9-10(13)14-6-15-11(9)17-8-4-2-7(12)3-5-8/h2-6H,1H3. The van der Waals surface area contributed by atoms with Crippen LogP contribution in [0.5, 0.6) is 17.4 Å². The van der Waals surface area contributed by atoms with Crippen molar-refractivity contribution in [3.63, 3.8) is 0 Å². The second-order valence-electron chi connectivity index (χ2n) is 3.06. The van der Waals surface area contributed by atoms with Crippen molar-refractivity contribution >= 4 is 23.2 Å². The molecule has 17 heavy (non-hydrogen) atoms. The molecule has 0 aliphatic rings. The lowest BCUT2D eigenvalue weighted by Gasteiger charge is -2.09. The number of ether oxygens (including phenoxy) is 2. The number of methoxy groups -OCH3 is 1. The molecule has 2 rings (SSSR count). The van der Waals surface area contributed by atoms with Gasteiger partial charge in [0.05, 0.1) is 7.11 Å². The van der Waals surface area contributed by atoms with Gasteiger partial charge in [-0.3, -0.25) is 0 Å². The van der Waals surface area contributed by atoms with E-state index < -0.39 is 0 Å². The zero-order valence-electron chi connectivity index (χ0n) is 8.85. The molecule has 0 N–H and O–H groups in total. The number of hydrogen-bond donors (Lipinski definition) is 0. The number of hydrogen-bond acceptors (Lipinski definition) is 4. The molecular weight excluding hydrogens is 263 g/mol. The minimum atomic E-state index is 0.200. The van der Waals surface area contributed by atoms with Crippen LogP contribution < -0.4 is 9.47 Å². The molecular formula is C11H8Cl2N2O2. The molecule has 0 amide bonds. The van der Waals surface area contributed by atoms with Gasteiger partial charge in [0.25, 0.3) is 5.88 Å². The molecule has 0 atom stereocenters. The minimum absolute atomic E-state index is 0.200. The fourth-order valence-electron chi connectivity index (χ4n) is 1.20. The Bertz CT molecular complexity index is 517. The van der Waals surface area contributed by atoms with Gasteiger partial charge in [-0.2, -0.15) is 4.98 Å². The van der Waals surface area contributed by atoms with E-state index in [1.165, 1.54) is 13.4 Å². The predicted octanol–water partition coefficient (Wildman–Crippen LogP) is 3.58. The topological polar surface area (TPSA) is 44.2 Å². The van der Waals surface area contributed by atoms with Gasteiger partial charge in [-0.1, -0.05) is 23.2 Å². The summed E-state index contributed by atoms with van der Waals surface area (Å²) in [5.41, 5.74) is 0. The normalized spacial score (nSPS) is 10.1. The third-order valence-corrected chi connectivity index (χ3v) is 2.48. The maximum absolute atomic E-state index is 5.84. The van der Waals surface area contributed by atoms with Crippen LogP contribution in [0, 0.1) is 0 Å². The first kappa shape index (κ1) is 12.0. The second-order valence-corrected chi connectivity index (χ2v) is 3.85. The van der Waals surface area contributed by atoms with Crippen LogP contribution in [0.1, 0.15) is 0 Å². The van der Waals surface area contributed by atoms with Crippen LogP contribution in [0.4, 0.5) is 0 Å². The zero-order valence-corrected chi connectivity index (χ0v) is 10.4. The first-order chi connectivity index (χ1) is 8.20. The van der Waals surface area contributed by atoms with Crippen LogP contribution >= 0.6 is 23.2 Å². The average Bonchev–Trinajstić information content (AvgIpc) is 2.32. The van der Waals surface area contributed by atoms with E-state index in [2.05, 4.69) is 9.97 Å². The molecule has 0 aliphatic carbocycles. The summed E-state index contributed by atoms with van der Waals surface area (Å²) < 4.78 is 10.6. The van der Waals surface area contributed by atoms with E-state index >= 15 is 0 Å². The van der Waals surface area contributed by atoms with Crippen molar-refractivity contribution < 1.29 is 9.47 Å². The molecule has 0 saturated heterocycles. The Morgan fingerprint density at radius 3 is 2.41 bits per heavy atom. The summed E-state index contributed by atoms with van der Waals surface area (Å²) in [7, 11) is 1.47. The third-order valence-electron chi connectivity index (χ3n) is 1.96. The molecule has 0 saturated carbocycles. The van der Waals surface area contributed by atoms with E-state index in [1.54, 1.807) is 24.3 Å². The van der Waals surface area contributed by atoms with E-state index in [9.17, 15) is 0 Å². The van der Waals surface area contributed by atoms with Crippen molar-refractivity contribution in [1.29, 1.82) is 0 Å². The molecule has 0 radical (unpaired) electrons. The lowest BCUT2D eigenvalue weighted by Crippen LogP contribution is -1.95. The molecule has 2 aromatic rings. The van der Waals surface area contributed by atoms with E-state index in [0.29, 0.717) is 16.5 Å². The van der Waals surface area contributed by atoms with Gasteiger partial charge in [-0.15, -0.1) is 0 Å². The minimum Gasteiger partial charge on any atom is -0.489 e. The van der Waals surface area contributed by atoms with Crippen LogP contribution in [0.3, 0.4) is 0 Å². The van der Waals surface area contributed by atoms with E-state index in [-0.39, 0.29) is 11.0 Å². The number of nitrogens with zero attached hydrogens (tertiary/aromatic N) is 2. The lowest BCUT2D eigenvalue weighted by molar-refractivity contribution is 0.367. The summed E-state index contributed by atoms with van der Waals surface area (Å²) >= 11 is 11.6. The number of aromatic nitrogens is 2. The molecule has 1 heterocycles. The first-order valence-corrected chi connectivity index (χ1v) is 5.44. The van der Waals surface area contributed by atoms with Crippen LogP contribution in [0.15, 0.2) is 30.6 Å². The molecule has 0 fully saturated rings. The van der Waals surface area contributed by atoms with Crippen molar-refractivity contribution in [1.82, 2.24) is 9.97 Å².